The van der Waals surface area contributed by atoms with Crippen LogP contribution in [0.2, 0.25) is 0 Å². The number of nitrogens with two attached hydrogens (primary N) is 1. The van der Waals surface area contributed by atoms with Gasteiger partial charge in [0.2, 0.25) is 0 Å². The molecule has 0 radical (unpaired) electrons. The molecule has 0 aliphatic carbocycles. The van der Waals surface area contributed by atoms with Gasteiger partial charge >= 0.3 is 0 Å². The quantitative estimate of drug-likeness (QED) is 0.237. The van der Waals surface area contributed by atoms with Crippen LogP contribution in [0.15, 0.2) is 54.9 Å². The maximum atomic E-state index is 6.09. The van der Waals surface area contributed by atoms with Crippen LogP contribution in [0.25, 0.3) is 16.9 Å². The van der Waals surface area contributed by atoms with E-state index < -0.39 is 0 Å². The van der Waals surface area contributed by atoms with Gasteiger partial charge in [-0.1, -0.05) is 6.07 Å². The summed E-state index contributed by atoms with van der Waals surface area (Å²) in [4.78, 5) is 3.24. The third-order valence-corrected chi connectivity index (χ3v) is 4.07. The second kappa shape index (κ2) is 6.62. The molecule has 0 fully saturated rings. The molecular formula is C18H24N5+3. The number of fused-ring (bicyclic) bond motifs is 1. The Morgan fingerprint density at radius 1 is 1.22 bits per heavy atom. The molecule has 0 atom stereocenters. The number of pyridine rings is 1. The summed E-state index contributed by atoms with van der Waals surface area (Å²) in [5.41, 5.74) is 14.4. The van der Waals surface area contributed by atoms with Gasteiger partial charge in [0.05, 0.1) is 31.9 Å². The Balaban J connectivity index is 1.89. The van der Waals surface area contributed by atoms with Gasteiger partial charge in [0.1, 0.15) is 6.20 Å². The summed E-state index contributed by atoms with van der Waals surface area (Å²) in [6, 6.07) is 14.5. The van der Waals surface area contributed by atoms with E-state index in [1.807, 2.05) is 6.07 Å². The van der Waals surface area contributed by atoms with E-state index >= 15 is 0 Å². The molecule has 118 valence electrons. The van der Waals surface area contributed by atoms with Gasteiger partial charge in [-0.2, -0.15) is 0 Å². The van der Waals surface area contributed by atoms with Gasteiger partial charge in [-0.05, 0) is 30.3 Å². The normalized spacial score (nSPS) is 12.0. The van der Waals surface area contributed by atoms with E-state index in [4.69, 9.17) is 5.73 Å². The zero-order chi connectivity index (χ0) is 16.2. The summed E-state index contributed by atoms with van der Waals surface area (Å²) >= 11 is 0. The number of benzene rings is 1. The number of imidazole rings is 1. The van der Waals surface area contributed by atoms with Crippen LogP contribution in [-0.2, 0) is 7.05 Å². The van der Waals surface area contributed by atoms with Crippen LogP contribution >= 0.6 is 0 Å². The monoisotopic (exact) mass is 310 g/mol. The fourth-order valence-corrected chi connectivity index (χ4v) is 2.72. The van der Waals surface area contributed by atoms with Crippen molar-refractivity contribution < 1.29 is 15.1 Å². The van der Waals surface area contributed by atoms with Crippen molar-refractivity contribution >= 4 is 11.5 Å². The second-order valence-electron chi connectivity index (χ2n) is 5.66. The van der Waals surface area contributed by atoms with Crippen LogP contribution < -0.4 is 20.9 Å². The van der Waals surface area contributed by atoms with E-state index in [9.17, 15) is 0 Å². The SMILES string of the molecule is Cn1c(-c2ccc(C(N)=[NH+]CCC[NH3+])cc2)c[n+]2ccccc12. The number of quaternary nitrogens is 1. The van der Waals surface area contributed by atoms with Crippen molar-refractivity contribution in [1.29, 1.82) is 0 Å². The summed E-state index contributed by atoms with van der Waals surface area (Å²) in [7, 11) is 2.08. The van der Waals surface area contributed by atoms with Crippen molar-refractivity contribution in [3.63, 3.8) is 0 Å². The molecule has 0 unspecified atom stereocenters. The van der Waals surface area contributed by atoms with E-state index in [0.29, 0.717) is 0 Å². The minimum atomic E-state index is 0.719. The molecule has 0 saturated heterocycles. The summed E-state index contributed by atoms with van der Waals surface area (Å²) in [5, 5.41) is 0. The van der Waals surface area contributed by atoms with Crippen LogP contribution in [-0.4, -0.2) is 23.5 Å². The lowest BCUT2D eigenvalue weighted by molar-refractivity contribution is -0.510. The van der Waals surface area contributed by atoms with E-state index in [1.165, 1.54) is 11.3 Å². The number of amidine groups is 1. The van der Waals surface area contributed by atoms with Crippen LogP contribution in [0.3, 0.4) is 0 Å². The number of aromatic nitrogens is 2. The summed E-state index contributed by atoms with van der Waals surface area (Å²) in [6.45, 7) is 1.77. The van der Waals surface area contributed by atoms with Crippen molar-refractivity contribution in [3.05, 3.63) is 60.4 Å². The maximum Gasteiger partial charge on any atom is 0.286 e. The van der Waals surface area contributed by atoms with Crippen LogP contribution in [0, 0.1) is 0 Å². The standard InChI is InChI=1S/C18H22N5/c1-22-16(13-23-12-3-2-5-17(22)23)14-6-8-15(9-7-14)18(20)21-11-4-10-19/h2-3,5-9,12-13H,4,10-11,19H2,1H3,(H2,20,21)/q+1/p+2. The molecule has 0 aliphatic rings. The van der Waals surface area contributed by atoms with Crippen molar-refractivity contribution in [3.8, 4) is 11.3 Å². The smallest absolute Gasteiger partial charge is 0.286 e. The molecule has 5 heteroatoms. The van der Waals surface area contributed by atoms with Gasteiger partial charge in [0.15, 0.2) is 5.69 Å². The molecule has 3 rings (SSSR count). The highest BCUT2D eigenvalue weighted by molar-refractivity contribution is 5.93. The van der Waals surface area contributed by atoms with E-state index in [1.54, 1.807) is 0 Å². The molecule has 2 heterocycles. The lowest BCUT2D eigenvalue weighted by Gasteiger charge is -2.00. The Labute approximate surface area is 135 Å². The number of nitrogens with one attached hydrogen (secondary N) is 1. The van der Waals surface area contributed by atoms with Crippen molar-refractivity contribution in [2.24, 2.45) is 12.8 Å². The Morgan fingerprint density at radius 2 is 2.00 bits per heavy atom. The van der Waals surface area contributed by atoms with E-state index in [-0.39, 0.29) is 0 Å². The molecule has 1 aromatic carbocycles. The van der Waals surface area contributed by atoms with Crippen molar-refractivity contribution in [1.82, 2.24) is 4.57 Å². The predicted molar refractivity (Wildman–Crippen MR) is 90.5 cm³/mol. The Morgan fingerprint density at radius 3 is 2.70 bits per heavy atom. The predicted octanol–water partition coefficient (Wildman–Crippen LogP) is -1.15. The molecule has 0 amide bonds. The maximum absolute atomic E-state index is 6.09. The molecule has 2 aromatic heterocycles. The zero-order valence-electron chi connectivity index (χ0n) is 13.5. The molecule has 0 bridgehead atoms. The first-order valence-corrected chi connectivity index (χ1v) is 7.93. The van der Waals surface area contributed by atoms with E-state index in [2.05, 4.69) is 75.5 Å². The first-order chi connectivity index (χ1) is 11.2. The third kappa shape index (κ3) is 3.10. The molecule has 0 saturated carbocycles. The number of hydrogen-bond acceptors (Lipinski definition) is 0. The molecule has 0 spiro atoms. The number of hydrogen-bond donors (Lipinski definition) is 3. The first-order valence-electron chi connectivity index (χ1n) is 7.93. The molecule has 3 aromatic rings. The Kier molecular flexibility index (Phi) is 4.39. The molecular weight excluding hydrogens is 286 g/mol. The van der Waals surface area contributed by atoms with Crippen LogP contribution in [0.4, 0.5) is 0 Å². The minimum Gasteiger partial charge on any atom is -0.357 e. The average Bonchev–Trinajstić information content (AvgIpc) is 2.92. The number of aryl methyl sites for hydroxylation is 1. The highest BCUT2D eigenvalue weighted by atomic mass is 15.1. The summed E-state index contributed by atoms with van der Waals surface area (Å²) in [6.07, 6.45) is 5.22. The second-order valence-corrected chi connectivity index (χ2v) is 5.66. The number of rotatable bonds is 5. The van der Waals surface area contributed by atoms with Crippen molar-refractivity contribution in [2.75, 3.05) is 13.1 Å². The lowest BCUT2D eigenvalue weighted by atomic mass is 10.1. The van der Waals surface area contributed by atoms with Crippen LogP contribution in [0.1, 0.15) is 12.0 Å². The molecule has 23 heavy (non-hydrogen) atoms. The van der Waals surface area contributed by atoms with E-state index in [0.717, 1.165) is 36.6 Å². The van der Waals surface area contributed by atoms with Crippen molar-refractivity contribution in [2.45, 2.75) is 6.42 Å². The molecule has 0 aliphatic heterocycles. The minimum absolute atomic E-state index is 0.719. The van der Waals surface area contributed by atoms with Gasteiger partial charge in [-0.15, -0.1) is 0 Å². The zero-order valence-corrected chi connectivity index (χ0v) is 13.5. The number of nitrogen functional groups attached to an aromatic ring is 1. The largest absolute Gasteiger partial charge is 0.357 e. The molecule has 6 N–H and O–H groups in total. The highest BCUT2D eigenvalue weighted by Crippen LogP contribution is 2.19. The Bertz CT molecular complexity index is 830. The number of nitrogens with zero attached hydrogens (tertiary/aromatic N) is 2. The summed E-state index contributed by atoms with van der Waals surface area (Å²) < 4.78 is 4.32. The fraction of sp³-hybridized carbons (Fsp3) is 0.222. The molecule has 5 nitrogen and oxygen atoms in total. The van der Waals surface area contributed by atoms with Gasteiger partial charge in [0, 0.05) is 18.1 Å². The third-order valence-electron chi connectivity index (χ3n) is 4.07. The summed E-state index contributed by atoms with van der Waals surface area (Å²) in [5.74, 6) is 0.719. The fourth-order valence-electron chi connectivity index (χ4n) is 2.72. The van der Waals surface area contributed by atoms with Gasteiger partial charge in [-0.25, -0.2) is 8.97 Å². The Hall–Kier alpha value is -2.66. The highest BCUT2D eigenvalue weighted by Gasteiger charge is 2.15. The van der Waals surface area contributed by atoms with Crippen LogP contribution in [0.5, 0.6) is 0 Å². The van der Waals surface area contributed by atoms with Gasteiger partial charge < -0.3 is 5.73 Å². The van der Waals surface area contributed by atoms with Gasteiger partial charge in [0.25, 0.3) is 11.5 Å². The first kappa shape index (κ1) is 15.2. The average molecular weight is 310 g/mol. The van der Waals surface area contributed by atoms with Gasteiger partial charge in [-0.3, -0.25) is 10.7 Å². The lowest BCUT2D eigenvalue weighted by Crippen LogP contribution is -2.76. The topological polar surface area (TPSA) is 76.7 Å².